The molecular weight excluding hydrogens is 372 g/mol. The van der Waals surface area contributed by atoms with Gasteiger partial charge in [0.1, 0.15) is 5.70 Å². The van der Waals surface area contributed by atoms with Gasteiger partial charge in [-0.2, -0.15) is 0 Å². The quantitative estimate of drug-likeness (QED) is 0.598. The van der Waals surface area contributed by atoms with Gasteiger partial charge in [-0.05, 0) is 55.2 Å². The fourth-order valence-corrected chi connectivity index (χ4v) is 3.60. The van der Waals surface area contributed by atoms with Crippen molar-refractivity contribution in [1.29, 1.82) is 0 Å². The average molecular weight is 396 g/mol. The molecule has 3 aromatic carbocycles. The lowest BCUT2D eigenvalue weighted by molar-refractivity contribution is -0.120. The first-order valence-electron chi connectivity index (χ1n) is 10.1. The predicted octanol–water partition coefficient (Wildman–Crippen LogP) is 5.26. The molecule has 3 aromatic rings. The van der Waals surface area contributed by atoms with Gasteiger partial charge in [0.2, 0.25) is 0 Å². The molecule has 0 aromatic heterocycles. The maximum Gasteiger partial charge on any atom is 0.282 e. The number of carbonyl (C=O) groups is 2. The molecule has 4 rings (SSSR count). The van der Waals surface area contributed by atoms with E-state index in [2.05, 4.69) is 12.2 Å². The number of carbonyl (C=O) groups excluding carboxylic acids is 2. The zero-order chi connectivity index (χ0) is 21.3. The molecule has 4 heteroatoms. The van der Waals surface area contributed by atoms with Crippen LogP contribution in [0.15, 0.2) is 78.5 Å². The SMILES string of the molecule is CCc1ccc(N2C(=O)C(Nc3ccccc3C)=C(c3ccc(C)cc3)C2=O)cc1. The zero-order valence-electron chi connectivity index (χ0n) is 17.4. The number of aryl methyl sites for hydroxylation is 3. The Kier molecular flexibility index (Phi) is 5.23. The smallest absolute Gasteiger partial charge is 0.282 e. The summed E-state index contributed by atoms with van der Waals surface area (Å²) in [5.41, 5.74) is 6.05. The predicted molar refractivity (Wildman–Crippen MR) is 121 cm³/mol. The third-order valence-corrected chi connectivity index (χ3v) is 5.43. The molecule has 0 bridgehead atoms. The monoisotopic (exact) mass is 396 g/mol. The number of anilines is 2. The Labute approximate surface area is 176 Å². The van der Waals surface area contributed by atoms with Crippen molar-refractivity contribution in [3.05, 3.63) is 101 Å². The first kappa shape index (κ1) is 19.6. The molecule has 4 nitrogen and oxygen atoms in total. The van der Waals surface area contributed by atoms with Crippen molar-refractivity contribution < 1.29 is 9.59 Å². The normalized spacial score (nSPS) is 13.9. The Morgan fingerprint density at radius 1 is 0.800 bits per heavy atom. The highest BCUT2D eigenvalue weighted by atomic mass is 16.2. The van der Waals surface area contributed by atoms with Gasteiger partial charge in [-0.15, -0.1) is 0 Å². The van der Waals surface area contributed by atoms with Crippen LogP contribution < -0.4 is 10.2 Å². The molecule has 1 aliphatic rings. The van der Waals surface area contributed by atoms with Crippen LogP contribution in [0, 0.1) is 13.8 Å². The summed E-state index contributed by atoms with van der Waals surface area (Å²) in [7, 11) is 0. The Morgan fingerprint density at radius 2 is 1.47 bits per heavy atom. The number of hydrogen-bond donors (Lipinski definition) is 1. The van der Waals surface area contributed by atoms with Gasteiger partial charge in [0.05, 0.1) is 11.3 Å². The third-order valence-electron chi connectivity index (χ3n) is 5.43. The van der Waals surface area contributed by atoms with Crippen LogP contribution in [-0.4, -0.2) is 11.8 Å². The second-order valence-corrected chi connectivity index (χ2v) is 7.52. The lowest BCUT2D eigenvalue weighted by Crippen LogP contribution is -2.32. The summed E-state index contributed by atoms with van der Waals surface area (Å²) < 4.78 is 0. The van der Waals surface area contributed by atoms with Crippen molar-refractivity contribution >= 4 is 28.8 Å². The molecule has 0 saturated carbocycles. The minimum absolute atomic E-state index is 0.303. The van der Waals surface area contributed by atoms with E-state index >= 15 is 0 Å². The van der Waals surface area contributed by atoms with Crippen LogP contribution in [0.25, 0.3) is 5.57 Å². The molecular formula is C26H24N2O2. The lowest BCUT2D eigenvalue weighted by Gasteiger charge is -2.16. The molecule has 0 atom stereocenters. The molecule has 1 aliphatic heterocycles. The number of amides is 2. The van der Waals surface area contributed by atoms with Crippen LogP contribution in [0.5, 0.6) is 0 Å². The summed E-state index contributed by atoms with van der Waals surface area (Å²) in [6.45, 7) is 6.03. The Morgan fingerprint density at radius 3 is 2.10 bits per heavy atom. The number of benzene rings is 3. The van der Waals surface area contributed by atoms with Gasteiger partial charge in [0.15, 0.2) is 0 Å². The molecule has 0 radical (unpaired) electrons. The maximum absolute atomic E-state index is 13.4. The molecule has 1 heterocycles. The van der Waals surface area contributed by atoms with E-state index in [0.29, 0.717) is 17.0 Å². The number of imide groups is 1. The van der Waals surface area contributed by atoms with Crippen LogP contribution in [0.3, 0.4) is 0 Å². The van der Waals surface area contributed by atoms with E-state index in [4.69, 9.17) is 0 Å². The van der Waals surface area contributed by atoms with Gasteiger partial charge >= 0.3 is 0 Å². The van der Waals surface area contributed by atoms with E-state index in [1.165, 1.54) is 4.90 Å². The average Bonchev–Trinajstić information content (AvgIpc) is 3.00. The fourth-order valence-electron chi connectivity index (χ4n) is 3.60. The van der Waals surface area contributed by atoms with Gasteiger partial charge in [0, 0.05) is 5.69 Å². The van der Waals surface area contributed by atoms with Crippen molar-refractivity contribution in [3.8, 4) is 0 Å². The van der Waals surface area contributed by atoms with E-state index in [-0.39, 0.29) is 11.8 Å². The Hall–Kier alpha value is -3.66. The van der Waals surface area contributed by atoms with Crippen LogP contribution in [0.2, 0.25) is 0 Å². The van der Waals surface area contributed by atoms with E-state index in [0.717, 1.165) is 34.4 Å². The topological polar surface area (TPSA) is 49.4 Å². The van der Waals surface area contributed by atoms with Gasteiger partial charge in [-0.3, -0.25) is 9.59 Å². The number of nitrogens with zero attached hydrogens (tertiary/aromatic N) is 1. The van der Waals surface area contributed by atoms with Gasteiger partial charge in [0.25, 0.3) is 11.8 Å². The van der Waals surface area contributed by atoms with Crippen LogP contribution in [-0.2, 0) is 16.0 Å². The minimum Gasteiger partial charge on any atom is -0.350 e. The van der Waals surface area contributed by atoms with E-state index in [1.807, 2.05) is 86.6 Å². The number of para-hydroxylation sites is 1. The minimum atomic E-state index is -0.344. The van der Waals surface area contributed by atoms with E-state index in [1.54, 1.807) is 0 Å². The Bertz CT molecular complexity index is 1140. The van der Waals surface area contributed by atoms with Crippen molar-refractivity contribution in [2.75, 3.05) is 10.2 Å². The molecule has 0 saturated heterocycles. The van der Waals surface area contributed by atoms with E-state index in [9.17, 15) is 9.59 Å². The van der Waals surface area contributed by atoms with Crippen LogP contribution in [0.1, 0.15) is 29.2 Å². The largest absolute Gasteiger partial charge is 0.350 e. The summed E-state index contributed by atoms with van der Waals surface area (Å²) in [5.74, 6) is -0.660. The zero-order valence-corrected chi connectivity index (χ0v) is 17.4. The first-order valence-corrected chi connectivity index (χ1v) is 10.1. The first-order chi connectivity index (χ1) is 14.5. The molecule has 1 N–H and O–H groups in total. The summed E-state index contributed by atoms with van der Waals surface area (Å²) in [5, 5.41) is 3.24. The molecule has 2 amide bonds. The van der Waals surface area contributed by atoms with Crippen molar-refractivity contribution in [3.63, 3.8) is 0 Å². The van der Waals surface area contributed by atoms with Crippen molar-refractivity contribution in [2.45, 2.75) is 27.2 Å². The molecule has 0 fully saturated rings. The molecule has 30 heavy (non-hydrogen) atoms. The number of hydrogen-bond acceptors (Lipinski definition) is 3. The second kappa shape index (κ2) is 7.99. The van der Waals surface area contributed by atoms with Gasteiger partial charge in [-0.25, -0.2) is 4.90 Å². The summed E-state index contributed by atoms with van der Waals surface area (Å²) in [4.78, 5) is 28.1. The maximum atomic E-state index is 13.4. The number of rotatable bonds is 5. The van der Waals surface area contributed by atoms with Gasteiger partial charge in [-0.1, -0.05) is 67.1 Å². The van der Waals surface area contributed by atoms with Crippen molar-refractivity contribution in [2.24, 2.45) is 0 Å². The highest BCUT2D eigenvalue weighted by Crippen LogP contribution is 2.34. The fraction of sp³-hybridized carbons (Fsp3) is 0.154. The van der Waals surface area contributed by atoms with Crippen molar-refractivity contribution in [1.82, 2.24) is 0 Å². The van der Waals surface area contributed by atoms with E-state index < -0.39 is 0 Å². The molecule has 0 aliphatic carbocycles. The Balaban J connectivity index is 1.81. The summed E-state index contributed by atoms with van der Waals surface area (Å²) in [6.07, 6.45) is 0.898. The summed E-state index contributed by atoms with van der Waals surface area (Å²) in [6, 6.07) is 23.0. The standard InChI is InChI=1S/C26H24N2O2/c1-4-19-11-15-21(16-12-19)28-25(29)23(20-13-9-17(2)10-14-20)24(26(28)30)27-22-8-6-5-7-18(22)3/h5-16,27H,4H2,1-3H3. The molecule has 0 unspecified atom stereocenters. The van der Waals surface area contributed by atoms with Crippen LogP contribution >= 0.6 is 0 Å². The van der Waals surface area contributed by atoms with Crippen LogP contribution in [0.4, 0.5) is 11.4 Å². The lowest BCUT2D eigenvalue weighted by atomic mass is 10.0. The second-order valence-electron chi connectivity index (χ2n) is 7.52. The molecule has 150 valence electrons. The number of nitrogens with one attached hydrogen (secondary N) is 1. The third kappa shape index (κ3) is 3.52. The highest BCUT2D eigenvalue weighted by Gasteiger charge is 2.40. The highest BCUT2D eigenvalue weighted by molar-refractivity contribution is 6.46. The summed E-state index contributed by atoms with van der Waals surface area (Å²) >= 11 is 0. The molecule has 0 spiro atoms. The van der Waals surface area contributed by atoms with Gasteiger partial charge < -0.3 is 5.32 Å².